The average Bonchev–Trinajstić information content (AvgIpc) is 3.23. The van der Waals surface area contributed by atoms with E-state index in [0.29, 0.717) is 5.56 Å². The molecule has 4 rings (SSSR count). The Kier molecular flexibility index (Phi) is 5.11. The van der Waals surface area contributed by atoms with Gasteiger partial charge < -0.3 is 19.6 Å². The van der Waals surface area contributed by atoms with Crippen LogP contribution < -0.4 is 9.64 Å². The van der Waals surface area contributed by atoms with Crippen LogP contribution in [-0.4, -0.2) is 34.4 Å². The van der Waals surface area contributed by atoms with Crippen LogP contribution in [0.3, 0.4) is 0 Å². The van der Waals surface area contributed by atoms with E-state index in [-0.39, 0.29) is 24.2 Å². The summed E-state index contributed by atoms with van der Waals surface area (Å²) in [6.07, 6.45) is 2.47. The molecule has 150 valence electrons. The van der Waals surface area contributed by atoms with Crippen LogP contribution in [0.5, 0.6) is 5.75 Å². The first kappa shape index (κ1) is 18.9. The number of carbonyl (C=O) groups is 2. The Balaban J connectivity index is 1.66. The molecule has 1 saturated carbocycles. The van der Waals surface area contributed by atoms with Gasteiger partial charge in [-0.3, -0.25) is 14.5 Å². The number of amides is 1. The number of rotatable bonds is 5. The Morgan fingerprint density at radius 1 is 1.21 bits per heavy atom. The van der Waals surface area contributed by atoms with Crippen LogP contribution in [0.4, 0.5) is 11.6 Å². The lowest BCUT2D eigenvalue weighted by Crippen LogP contribution is -2.45. The third-order valence-corrected chi connectivity index (χ3v) is 4.99. The summed E-state index contributed by atoms with van der Waals surface area (Å²) >= 11 is 0. The molecule has 2 aliphatic rings. The Bertz CT molecular complexity index is 942. The Morgan fingerprint density at radius 2 is 1.93 bits per heavy atom. The first-order chi connectivity index (χ1) is 14.0. The summed E-state index contributed by atoms with van der Waals surface area (Å²) in [5.41, 5.74) is 0.607. The molecular formula is C20H19N3O6. The zero-order chi connectivity index (χ0) is 20.4. The molecule has 1 aromatic heterocycles. The summed E-state index contributed by atoms with van der Waals surface area (Å²) in [5, 5.41) is 11.1. The van der Waals surface area contributed by atoms with Gasteiger partial charge in [-0.1, -0.05) is 30.3 Å². The second-order valence-corrected chi connectivity index (χ2v) is 6.98. The molecule has 0 spiro atoms. The van der Waals surface area contributed by atoms with Crippen molar-refractivity contribution in [3.05, 3.63) is 58.1 Å². The van der Waals surface area contributed by atoms with Crippen LogP contribution in [0.2, 0.25) is 0 Å². The third-order valence-electron chi connectivity index (χ3n) is 4.99. The number of anilines is 1. The molecule has 1 aliphatic carbocycles. The highest BCUT2D eigenvalue weighted by Gasteiger charge is 2.41. The van der Waals surface area contributed by atoms with Crippen LogP contribution in [0.15, 0.2) is 42.5 Å². The molecule has 1 aliphatic heterocycles. The van der Waals surface area contributed by atoms with Gasteiger partial charge in [0.2, 0.25) is 6.10 Å². The van der Waals surface area contributed by atoms with Crippen molar-refractivity contribution in [1.82, 2.24) is 4.98 Å². The quantitative estimate of drug-likeness (QED) is 0.433. The van der Waals surface area contributed by atoms with Crippen LogP contribution in [0.25, 0.3) is 0 Å². The molecule has 1 unspecified atom stereocenters. The van der Waals surface area contributed by atoms with Crippen molar-refractivity contribution in [2.45, 2.75) is 37.9 Å². The minimum atomic E-state index is -0.980. The molecule has 1 fully saturated rings. The van der Waals surface area contributed by atoms with Gasteiger partial charge in [0, 0.05) is 11.6 Å². The van der Waals surface area contributed by atoms with Gasteiger partial charge in [-0.25, -0.2) is 0 Å². The Morgan fingerprint density at radius 3 is 2.62 bits per heavy atom. The molecule has 1 atom stereocenters. The molecule has 1 aromatic carbocycles. The van der Waals surface area contributed by atoms with Crippen molar-refractivity contribution in [3.63, 3.8) is 0 Å². The van der Waals surface area contributed by atoms with E-state index in [9.17, 15) is 19.7 Å². The highest BCUT2D eigenvalue weighted by Crippen LogP contribution is 2.38. The van der Waals surface area contributed by atoms with Crippen LogP contribution in [-0.2, 0) is 14.3 Å². The number of pyridine rings is 1. The molecule has 0 N–H and O–H groups in total. The van der Waals surface area contributed by atoms with E-state index in [1.807, 2.05) is 6.07 Å². The SMILES string of the molecule is O=C(CN1C(=O)C(c2ccccc2)Oc2ccc([N+](=O)[O-])nc21)OC1CCCC1. The molecule has 2 aromatic rings. The van der Waals surface area contributed by atoms with Gasteiger partial charge in [0.15, 0.2) is 5.75 Å². The third kappa shape index (κ3) is 3.89. The zero-order valence-electron chi connectivity index (χ0n) is 15.5. The maximum absolute atomic E-state index is 13.1. The van der Waals surface area contributed by atoms with Gasteiger partial charge in [-0.15, -0.1) is 0 Å². The van der Waals surface area contributed by atoms with Gasteiger partial charge in [0.1, 0.15) is 12.6 Å². The summed E-state index contributed by atoms with van der Waals surface area (Å²) in [6.45, 7) is -0.386. The number of aromatic nitrogens is 1. The Hall–Kier alpha value is -3.49. The topological polar surface area (TPSA) is 112 Å². The number of nitrogens with zero attached hydrogens (tertiary/aromatic N) is 3. The smallest absolute Gasteiger partial charge is 0.366 e. The lowest BCUT2D eigenvalue weighted by Gasteiger charge is -2.31. The van der Waals surface area contributed by atoms with E-state index in [1.165, 1.54) is 12.1 Å². The molecule has 2 heterocycles. The predicted molar refractivity (Wildman–Crippen MR) is 101 cm³/mol. The maximum Gasteiger partial charge on any atom is 0.366 e. The largest absolute Gasteiger partial charge is 0.469 e. The number of ether oxygens (including phenoxy) is 2. The molecule has 0 saturated heterocycles. The fourth-order valence-electron chi connectivity index (χ4n) is 3.59. The van der Waals surface area contributed by atoms with Crippen molar-refractivity contribution < 1.29 is 24.0 Å². The fourth-order valence-corrected chi connectivity index (χ4v) is 3.59. The van der Waals surface area contributed by atoms with Crippen molar-refractivity contribution in [2.75, 3.05) is 11.4 Å². The average molecular weight is 397 g/mol. The minimum absolute atomic E-state index is 0.0558. The molecule has 9 nitrogen and oxygen atoms in total. The summed E-state index contributed by atoms with van der Waals surface area (Å²) in [7, 11) is 0. The van der Waals surface area contributed by atoms with Gasteiger partial charge in [0.25, 0.3) is 11.7 Å². The van der Waals surface area contributed by atoms with E-state index in [2.05, 4.69) is 4.98 Å². The van der Waals surface area contributed by atoms with E-state index >= 15 is 0 Å². The minimum Gasteiger partial charge on any atom is -0.469 e. The van der Waals surface area contributed by atoms with E-state index in [0.717, 1.165) is 30.6 Å². The normalized spacial score (nSPS) is 18.8. The number of fused-ring (bicyclic) bond motifs is 1. The van der Waals surface area contributed by atoms with Gasteiger partial charge in [-0.2, -0.15) is 0 Å². The van der Waals surface area contributed by atoms with Gasteiger partial charge in [-0.05, 0) is 41.7 Å². The number of hydrogen-bond donors (Lipinski definition) is 0. The fraction of sp³-hybridized carbons (Fsp3) is 0.350. The maximum atomic E-state index is 13.1. The highest BCUT2D eigenvalue weighted by molar-refractivity contribution is 6.02. The molecular weight excluding hydrogens is 378 g/mol. The van der Waals surface area contributed by atoms with Crippen molar-refractivity contribution >= 4 is 23.5 Å². The number of carbonyl (C=O) groups excluding carboxylic acids is 2. The number of hydrogen-bond acceptors (Lipinski definition) is 7. The van der Waals surface area contributed by atoms with Gasteiger partial charge >= 0.3 is 11.8 Å². The lowest BCUT2D eigenvalue weighted by atomic mass is 10.1. The van der Waals surface area contributed by atoms with E-state index < -0.39 is 28.7 Å². The lowest BCUT2D eigenvalue weighted by molar-refractivity contribution is -0.389. The molecule has 29 heavy (non-hydrogen) atoms. The standard InChI is InChI=1S/C20H19N3O6/c24-17(28-14-8-4-5-9-14)12-22-19-15(10-11-16(21-19)23(26)27)29-18(20(22)25)13-6-2-1-3-7-13/h1-3,6-7,10-11,14,18H,4-5,8-9,12H2. The van der Waals surface area contributed by atoms with Crippen LogP contribution in [0, 0.1) is 10.1 Å². The second-order valence-electron chi connectivity index (χ2n) is 6.98. The second kappa shape index (κ2) is 7.86. The first-order valence-corrected chi connectivity index (χ1v) is 9.41. The summed E-state index contributed by atoms with van der Waals surface area (Å²) < 4.78 is 11.2. The molecule has 0 bridgehead atoms. The monoisotopic (exact) mass is 397 g/mol. The number of esters is 1. The predicted octanol–water partition coefficient (Wildman–Crippen LogP) is 2.94. The van der Waals surface area contributed by atoms with E-state index in [4.69, 9.17) is 9.47 Å². The van der Waals surface area contributed by atoms with Crippen LogP contribution >= 0.6 is 0 Å². The molecule has 9 heteroatoms. The summed E-state index contributed by atoms with van der Waals surface area (Å²) in [4.78, 5) is 41.1. The summed E-state index contributed by atoms with van der Waals surface area (Å²) in [6, 6.07) is 11.4. The number of nitro groups is 1. The summed E-state index contributed by atoms with van der Waals surface area (Å²) in [5.74, 6) is -1.40. The Labute approximate surface area is 166 Å². The van der Waals surface area contributed by atoms with Crippen molar-refractivity contribution in [1.29, 1.82) is 0 Å². The zero-order valence-corrected chi connectivity index (χ0v) is 15.5. The highest BCUT2D eigenvalue weighted by atomic mass is 16.6. The van der Waals surface area contributed by atoms with Crippen molar-refractivity contribution in [3.8, 4) is 5.75 Å². The van der Waals surface area contributed by atoms with Gasteiger partial charge in [0.05, 0.1) is 0 Å². The van der Waals surface area contributed by atoms with E-state index in [1.54, 1.807) is 24.3 Å². The molecule has 0 radical (unpaired) electrons. The first-order valence-electron chi connectivity index (χ1n) is 9.41. The number of benzene rings is 1. The molecule has 1 amide bonds. The van der Waals surface area contributed by atoms with Crippen molar-refractivity contribution in [2.24, 2.45) is 0 Å². The van der Waals surface area contributed by atoms with Crippen LogP contribution in [0.1, 0.15) is 37.4 Å².